The summed E-state index contributed by atoms with van der Waals surface area (Å²) in [7, 11) is 2.92. The Morgan fingerprint density at radius 1 is 1.23 bits per heavy atom. The summed E-state index contributed by atoms with van der Waals surface area (Å²) in [5.41, 5.74) is -1.78. The van der Waals surface area contributed by atoms with E-state index in [-0.39, 0.29) is 22.3 Å². The molecule has 1 aliphatic carbocycles. The SMILES string of the molecule is CN(C)C(=O)C(=O)NC12CCC(CC1)C(I)n1c2nc(C(=O)NCc2ccc(F)cc2)c(O)c1=O. The fraction of sp³-hybridized carbons (Fsp3) is 0.435. The van der Waals surface area contributed by atoms with Crippen molar-refractivity contribution < 1.29 is 23.9 Å². The maximum atomic E-state index is 13.3. The zero-order valence-corrected chi connectivity index (χ0v) is 21.3. The molecule has 3 amide bonds. The number of benzene rings is 1. The van der Waals surface area contributed by atoms with Gasteiger partial charge in [0.25, 0.3) is 11.5 Å². The van der Waals surface area contributed by atoms with E-state index in [0.717, 1.165) is 4.90 Å². The van der Waals surface area contributed by atoms with Crippen LogP contribution in [0.25, 0.3) is 0 Å². The minimum Gasteiger partial charge on any atom is -0.501 e. The van der Waals surface area contributed by atoms with Gasteiger partial charge in [-0.15, -0.1) is 0 Å². The zero-order chi connectivity index (χ0) is 25.5. The maximum Gasteiger partial charge on any atom is 0.311 e. The van der Waals surface area contributed by atoms with Gasteiger partial charge in [-0.3, -0.25) is 23.7 Å². The largest absolute Gasteiger partial charge is 0.501 e. The second-order valence-electron chi connectivity index (χ2n) is 9.06. The zero-order valence-electron chi connectivity index (χ0n) is 19.2. The van der Waals surface area contributed by atoms with Crippen LogP contribution in [-0.4, -0.2) is 51.4 Å². The fourth-order valence-corrected chi connectivity index (χ4v) is 5.85. The lowest BCUT2D eigenvalue weighted by Crippen LogP contribution is -2.53. The molecule has 2 aliphatic heterocycles. The van der Waals surface area contributed by atoms with Crippen LogP contribution in [0.15, 0.2) is 29.1 Å². The highest BCUT2D eigenvalue weighted by Gasteiger charge is 2.49. The van der Waals surface area contributed by atoms with Gasteiger partial charge in [-0.05, 0) is 49.3 Å². The number of carbonyl (C=O) groups excluding carboxylic acids is 3. The van der Waals surface area contributed by atoms with Crippen LogP contribution in [0.3, 0.4) is 0 Å². The standard InChI is InChI=1S/C23H25FIN5O5/c1-29(2)21(35)19(33)28-23-9-7-13(8-10-23)17(25)30-20(34)16(31)15(27-22(23)30)18(32)26-11-12-3-5-14(24)6-4-12/h3-6,13,17,31H,7-11H2,1-2H3,(H,26,32)(H,28,33). The van der Waals surface area contributed by atoms with Crippen molar-refractivity contribution in [1.82, 2.24) is 25.1 Å². The number of rotatable bonds is 4. The van der Waals surface area contributed by atoms with Crippen molar-refractivity contribution in [1.29, 1.82) is 0 Å². The van der Waals surface area contributed by atoms with Gasteiger partial charge in [-0.25, -0.2) is 9.37 Å². The van der Waals surface area contributed by atoms with E-state index in [1.165, 1.54) is 42.9 Å². The lowest BCUT2D eigenvalue weighted by molar-refractivity contribution is -0.145. The molecule has 0 spiro atoms. The molecule has 5 rings (SSSR count). The minimum atomic E-state index is -1.14. The van der Waals surface area contributed by atoms with Gasteiger partial charge >= 0.3 is 11.8 Å². The van der Waals surface area contributed by atoms with Crippen LogP contribution >= 0.6 is 22.6 Å². The van der Waals surface area contributed by atoms with Crippen LogP contribution in [0.5, 0.6) is 5.75 Å². The van der Waals surface area contributed by atoms with E-state index in [0.29, 0.717) is 31.2 Å². The number of nitrogens with zero attached hydrogens (tertiary/aromatic N) is 3. The Morgan fingerprint density at radius 3 is 2.46 bits per heavy atom. The van der Waals surface area contributed by atoms with Gasteiger partial charge in [0.15, 0.2) is 5.69 Å². The molecular formula is C23H25FIN5O5. The van der Waals surface area contributed by atoms with Crippen LogP contribution in [-0.2, 0) is 21.7 Å². The Balaban J connectivity index is 1.74. The molecule has 1 atom stereocenters. The Hall–Kier alpha value is -3.03. The van der Waals surface area contributed by atoms with Crippen LogP contribution in [0.1, 0.15) is 51.6 Å². The molecular weight excluding hydrogens is 572 g/mol. The molecule has 186 valence electrons. The number of likely N-dealkylation sites (N-methyl/N-ethyl adjacent to an activating group) is 1. The minimum absolute atomic E-state index is 0.0227. The molecule has 1 saturated carbocycles. The summed E-state index contributed by atoms with van der Waals surface area (Å²) in [5.74, 6) is -3.34. The van der Waals surface area contributed by atoms with Crippen LogP contribution in [0.2, 0.25) is 0 Å². The van der Waals surface area contributed by atoms with E-state index in [1.54, 1.807) is 0 Å². The number of aromatic nitrogens is 2. The number of aromatic hydroxyl groups is 1. The highest BCUT2D eigenvalue weighted by Crippen LogP contribution is 2.49. The highest BCUT2D eigenvalue weighted by atomic mass is 127. The first-order valence-corrected chi connectivity index (χ1v) is 12.3. The van der Waals surface area contributed by atoms with Gasteiger partial charge in [-0.2, -0.15) is 0 Å². The number of hydrogen-bond donors (Lipinski definition) is 3. The molecule has 0 radical (unpaired) electrons. The molecule has 35 heavy (non-hydrogen) atoms. The Kier molecular flexibility index (Phi) is 6.84. The average molecular weight is 597 g/mol. The number of hydrogen-bond acceptors (Lipinski definition) is 6. The van der Waals surface area contributed by atoms with Crippen LogP contribution < -0.4 is 16.2 Å². The number of amides is 3. The van der Waals surface area contributed by atoms with Gasteiger partial charge in [0.05, 0.1) is 9.59 Å². The molecule has 1 aromatic carbocycles. The van der Waals surface area contributed by atoms with Crippen molar-refractivity contribution in [2.45, 2.75) is 41.8 Å². The predicted octanol–water partition coefficient (Wildman–Crippen LogP) is 1.56. The lowest BCUT2D eigenvalue weighted by atomic mass is 9.77. The van der Waals surface area contributed by atoms with Crippen molar-refractivity contribution in [3.8, 4) is 5.75 Å². The fourth-order valence-electron chi connectivity index (χ4n) is 4.61. The normalized spacial score (nSPS) is 22.6. The van der Waals surface area contributed by atoms with Gasteiger partial charge < -0.3 is 20.6 Å². The van der Waals surface area contributed by atoms with Gasteiger partial charge in [0.1, 0.15) is 11.6 Å². The summed E-state index contributed by atoms with van der Waals surface area (Å²) in [4.78, 5) is 56.8. The van der Waals surface area contributed by atoms with Crippen molar-refractivity contribution >= 4 is 40.3 Å². The Bertz CT molecular complexity index is 1240. The summed E-state index contributed by atoms with van der Waals surface area (Å²) in [5, 5.41) is 16.0. The third-order valence-electron chi connectivity index (χ3n) is 6.57. The molecule has 1 unspecified atom stereocenters. The van der Waals surface area contributed by atoms with Crippen molar-refractivity contribution in [3.63, 3.8) is 0 Å². The molecule has 0 saturated heterocycles. The number of fused-ring (bicyclic) bond motifs is 2. The van der Waals surface area contributed by atoms with Crippen LogP contribution in [0, 0.1) is 11.7 Å². The first kappa shape index (κ1) is 25.1. The summed E-state index contributed by atoms with van der Waals surface area (Å²) in [6.45, 7) is 0.0227. The van der Waals surface area contributed by atoms with E-state index in [1.807, 2.05) is 0 Å². The van der Waals surface area contributed by atoms with Crippen molar-refractivity contribution in [2.75, 3.05) is 14.1 Å². The van der Waals surface area contributed by atoms with E-state index >= 15 is 0 Å². The van der Waals surface area contributed by atoms with Gasteiger partial charge in [-0.1, -0.05) is 34.7 Å². The maximum absolute atomic E-state index is 13.3. The molecule has 2 bridgehead atoms. The summed E-state index contributed by atoms with van der Waals surface area (Å²) < 4.78 is 14.1. The summed E-state index contributed by atoms with van der Waals surface area (Å²) in [6.07, 6.45) is 2.19. The predicted molar refractivity (Wildman–Crippen MR) is 131 cm³/mol. The first-order valence-electron chi connectivity index (χ1n) is 11.1. The number of carbonyl (C=O) groups is 3. The monoisotopic (exact) mass is 597 g/mol. The number of halogens is 2. The molecule has 3 N–H and O–H groups in total. The van der Waals surface area contributed by atoms with Gasteiger partial charge in [0, 0.05) is 20.6 Å². The van der Waals surface area contributed by atoms with E-state index < -0.39 is 46.1 Å². The third-order valence-corrected chi connectivity index (χ3v) is 8.15. The Morgan fingerprint density at radius 2 is 1.86 bits per heavy atom. The summed E-state index contributed by atoms with van der Waals surface area (Å²) in [6, 6.07) is 5.51. The van der Waals surface area contributed by atoms with Crippen molar-refractivity contribution in [2.24, 2.45) is 5.92 Å². The molecule has 12 heteroatoms. The molecule has 1 aromatic heterocycles. The number of nitrogens with one attached hydrogen (secondary N) is 2. The molecule has 3 heterocycles. The molecule has 10 nitrogen and oxygen atoms in total. The summed E-state index contributed by atoms with van der Waals surface area (Å²) >= 11 is 2.12. The lowest BCUT2D eigenvalue weighted by Gasteiger charge is -2.37. The quantitative estimate of drug-likeness (QED) is 0.279. The average Bonchev–Trinajstić information content (AvgIpc) is 3.01. The second-order valence-corrected chi connectivity index (χ2v) is 10.3. The molecule has 2 aromatic rings. The second kappa shape index (κ2) is 9.55. The molecule has 1 fully saturated rings. The van der Waals surface area contributed by atoms with Crippen molar-refractivity contribution in [3.05, 3.63) is 57.5 Å². The topological polar surface area (TPSA) is 134 Å². The van der Waals surface area contributed by atoms with E-state index in [4.69, 9.17) is 0 Å². The van der Waals surface area contributed by atoms with Gasteiger partial charge in [0.2, 0.25) is 5.75 Å². The Labute approximate surface area is 214 Å². The number of alkyl halides is 1. The smallest absolute Gasteiger partial charge is 0.311 e. The van der Waals surface area contributed by atoms with E-state index in [9.17, 15) is 28.7 Å². The third kappa shape index (κ3) is 4.62. The molecule has 3 aliphatic rings. The highest BCUT2D eigenvalue weighted by molar-refractivity contribution is 14.1. The van der Waals surface area contributed by atoms with Crippen LogP contribution in [0.4, 0.5) is 4.39 Å². The first-order chi connectivity index (χ1) is 16.5. The van der Waals surface area contributed by atoms with E-state index in [2.05, 4.69) is 38.2 Å².